The highest BCUT2D eigenvalue weighted by Crippen LogP contribution is 2.07. The Morgan fingerprint density at radius 3 is 3.14 bits per heavy atom. The molecule has 1 aromatic rings. The van der Waals surface area contributed by atoms with Crippen LogP contribution in [0.1, 0.15) is 36.5 Å². The predicted molar refractivity (Wildman–Crippen MR) is 61.5 cm³/mol. The molecular formula is C11H15NOS. The van der Waals surface area contributed by atoms with Gasteiger partial charge in [0.25, 0.3) is 0 Å². The maximum absolute atomic E-state index is 11.5. The molecule has 0 fully saturated rings. The minimum Gasteiger partial charge on any atom is -0.297 e. The lowest BCUT2D eigenvalue weighted by molar-refractivity contribution is 0.100. The Labute approximate surface area is 88.7 Å². The minimum absolute atomic E-state index is 0.159. The van der Waals surface area contributed by atoms with E-state index in [1.807, 2.05) is 16.8 Å². The smallest absolute Gasteiger partial charge is 0.169 e. The lowest BCUT2D eigenvalue weighted by Gasteiger charge is -1.91. The van der Waals surface area contributed by atoms with Crippen molar-refractivity contribution in [3.63, 3.8) is 0 Å². The van der Waals surface area contributed by atoms with Crippen molar-refractivity contribution in [3.05, 3.63) is 22.4 Å². The molecule has 2 nitrogen and oxygen atoms in total. The molecule has 0 amide bonds. The van der Waals surface area contributed by atoms with E-state index in [4.69, 9.17) is 0 Å². The topological polar surface area (TPSA) is 29.4 Å². The summed E-state index contributed by atoms with van der Waals surface area (Å²) >= 11 is 1.55. The van der Waals surface area contributed by atoms with Crippen molar-refractivity contribution in [2.75, 3.05) is 6.54 Å². The molecule has 0 aromatic carbocycles. The second kappa shape index (κ2) is 6.49. The number of rotatable bonds is 6. The van der Waals surface area contributed by atoms with Crippen LogP contribution in [0.2, 0.25) is 0 Å². The van der Waals surface area contributed by atoms with Crippen molar-refractivity contribution in [3.8, 4) is 0 Å². The number of carbonyl (C=O) groups excluding carboxylic acids is 1. The number of hydrogen-bond donors (Lipinski definition) is 0. The quantitative estimate of drug-likeness (QED) is 0.402. The molecular weight excluding hydrogens is 194 g/mol. The van der Waals surface area contributed by atoms with Crippen LogP contribution in [0.15, 0.2) is 21.8 Å². The van der Waals surface area contributed by atoms with Gasteiger partial charge in [-0.1, -0.05) is 13.3 Å². The van der Waals surface area contributed by atoms with Crippen LogP contribution in [0.25, 0.3) is 0 Å². The first-order chi connectivity index (χ1) is 6.84. The Bertz CT molecular complexity index is 290. The maximum Gasteiger partial charge on any atom is 0.169 e. The standard InChI is InChI=1S/C11H15NOS/c1-2-3-6-12-7-4-11(13)10-5-8-14-9-10/h5,7-9H,2-4,6H2,1H3. The van der Waals surface area contributed by atoms with Gasteiger partial charge in [0.05, 0.1) is 0 Å². The molecule has 0 aliphatic rings. The van der Waals surface area contributed by atoms with Gasteiger partial charge in [0.15, 0.2) is 5.78 Å². The lowest BCUT2D eigenvalue weighted by atomic mass is 10.2. The SMILES string of the molecule is CCCCN=CCC(=O)c1ccsc1. The molecule has 0 aliphatic carbocycles. The van der Waals surface area contributed by atoms with Crippen molar-refractivity contribution < 1.29 is 4.79 Å². The average Bonchev–Trinajstić information content (AvgIpc) is 2.70. The van der Waals surface area contributed by atoms with Gasteiger partial charge in [0.2, 0.25) is 0 Å². The summed E-state index contributed by atoms with van der Waals surface area (Å²) in [4.78, 5) is 15.6. The first-order valence-electron chi connectivity index (χ1n) is 4.88. The van der Waals surface area contributed by atoms with E-state index in [9.17, 15) is 4.79 Å². The van der Waals surface area contributed by atoms with Gasteiger partial charge in [-0.05, 0) is 17.9 Å². The van der Waals surface area contributed by atoms with Gasteiger partial charge in [0.1, 0.15) is 0 Å². The van der Waals surface area contributed by atoms with Crippen molar-refractivity contribution in [2.45, 2.75) is 26.2 Å². The van der Waals surface area contributed by atoms with Crippen LogP contribution in [0.3, 0.4) is 0 Å². The van der Waals surface area contributed by atoms with Gasteiger partial charge in [-0.2, -0.15) is 11.3 Å². The number of Topliss-reactive ketones (excluding diaryl/α,β-unsaturated/α-hetero) is 1. The zero-order valence-electron chi connectivity index (χ0n) is 8.40. The first-order valence-corrected chi connectivity index (χ1v) is 5.82. The van der Waals surface area contributed by atoms with Gasteiger partial charge in [-0.3, -0.25) is 9.79 Å². The summed E-state index contributed by atoms with van der Waals surface area (Å²) in [5, 5.41) is 3.80. The van der Waals surface area contributed by atoms with E-state index in [1.54, 1.807) is 17.6 Å². The van der Waals surface area contributed by atoms with E-state index in [-0.39, 0.29) is 5.78 Å². The van der Waals surface area contributed by atoms with Gasteiger partial charge in [-0.25, -0.2) is 0 Å². The number of aliphatic imine (C=N–C) groups is 1. The Kier molecular flexibility index (Phi) is 5.15. The fraction of sp³-hybridized carbons (Fsp3) is 0.455. The molecule has 14 heavy (non-hydrogen) atoms. The Balaban J connectivity index is 2.25. The molecule has 3 heteroatoms. The highest BCUT2D eigenvalue weighted by molar-refractivity contribution is 7.08. The number of hydrogen-bond acceptors (Lipinski definition) is 3. The van der Waals surface area contributed by atoms with Crippen molar-refractivity contribution in [1.29, 1.82) is 0 Å². The van der Waals surface area contributed by atoms with Crippen LogP contribution in [0, 0.1) is 0 Å². The summed E-state index contributed by atoms with van der Waals surface area (Å²) in [6, 6.07) is 1.85. The third-order valence-corrected chi connectivity index (χ3v) is 2.57. The van der Waals surface area contributed by atoms with Gasteiger partial charge < -0.3 is 0 Å². The predicted octanol–water partition coefficient (Wildman–Crippen LogP) is 3.19. The van der Waals surface area contributed by atoms with E-state index in [0.717, 1.165) is 24.9 Å². The van der Waals surface area contributed by atoms with Crippen LogP contribution >= 0.6 is 11.3 Å². The Morgan fingerprint density at radius 1 is 1.64 bits per heavy atom. The van der Waals surface area contributed by atoms with E-state index < -0.39 is 0 Å². The molecule has 0 spiro atoms. The lowest BCUT2D eigenvalue weighted by Crippen LogP contribution is -1.97. The number of carbonyl (C=O) groups is 1. The van der Waals surface area contributed by atoms with Crippen LogP contribution in [0.4, 0.5) is 0 Å². The van der Waals surface area contributed by atoms with Crippen molar-refractivity contribution >= 4 is 23.3 Å². The highest BCUT2D eigenvalue weighted by atomic mass is 32.1. The summed E-state index contributed by atoms with van der Waals surface area (Å²) in [7, 11) is 0. The summed E-state index contributed by atoms with van der Waals surface area (Å²) in [5.41, 5.74) is 0.803. The van der Waals surface area contributed by atoms with E-state index in [0.29, 0.717) is 6.42 Å². The Morgan fingerprint density at radius 2 is 2.50 bits per heavy atom. The summed E-state index contributed by atoms with van der Waals surface area (Å²) in [6.07, 6.45) is 4.41. The number of unbranched alkanes of at least 4 members (excludes halogenated alkanes) is 1. The molecule has 1 rings (SSSR count). The zero-order chi connectivity index (χ0) is 10.2. The molecule has 0 aliphatic heterocycles. The normalized spacial score (nSPS) is 10.9. The average molecular weight is 209 g/mol. The van der Waals surface area contributed by atoms with Crippen LogP contribution < -0.4 is 0 Å². The second-order valence-corrected chi connectivity index (χ2v) is 3.86. The molecule has 0 unspecified atom stereocenters. The van der Waals surface area contributed by atoms with Gasteiger partial charge in [-0.15, -0.1) is 0 Å². The zero-order valence-corrected chi connectivity index (χ0v) is 9.22. The minimum atomic E-state index is 0.159. The molecule has 76 valence electrons. The first kappa shape index (κ1) is 11.1. The van der Waals surface area contributed by atoms with Gasteiger partial charge >= 0.3 is 0 Å². The fourth-order valence-electron chi connectivity index (χ4n) is 1.03. The van der Waals surface area contributed by atoms with Crippen molar-refractivity contribution in [2.24, 2.45) is 4.99 Å². The monoisotopic (exact) mass is 209 g/mol. The third kappa shape index (κ3) is 3.83. The number of nitrogens with zero attached hydrogens (tertiary/aromatic N) is 1. The van der Waals surface area contributed by atoms with Gasteiger partial charge in [0, 0.05) is 30.1 Å². The molecule has 1 heterocycles. The van der Waals surface area contributed by atoms with Crippen molar-refractivity contribution in [1.82, 2.24) is 0 Å². The maximum atomic E-state index is 11.5. The van der Waals surface area contributed by atoms with Crippen LogP contribution in [0.5, 0.6) is 0 Å². The van der Waals surface area contributed by atoms with Crippen LogP contribution in [-0.2, 0) is 0 Å². The molecule has 0 saturated carbocycles. The summed E-state index contributed by atoms with van der Waals surface area (Å²) in [5.74, 6) is 0.159. The van der Waals surface area contributed by atoms with Crippen LogP contribution in [-0.4, -0.2) is 18.5 Å². The summed E-state index contributed by atoms with van der Waals surface area (Å²) < 4.78 is 0. The van der Waals surface area contributed by atoms with E-state index >= 15 is 0 Å². The second-order valence-electron chi connectivity index (χ2n) is 3.08. The fourth-order valence-corrected chi connectivity index (χ4v) is 1.69. The summed E-state index contributed by atoms with van der Waals surface area (Å²) in [6.45, 7) is 2.97. The van der Waals surface area contributed by atoms with E-state index in [2.05, 4.69) is 11.9 Å². The molecule has 0 radical (unpaired) electrons. The van der Waals surface area contributed by atoms with E-state index in [1.165, 1.54) is 0 Å². The largest absolute Gasteiger partial charge is 0.297 e. The number of ketones is 1. The number of thiophene rings is 1. The highest BCUT2D eigenvalue weighted by Gasteiger charge is 2.02. The Hall–Kier alpha value is -0.960. The molecule has 1 aromatic heterocycles. The third-order valence-electron chi connectivity index (χ3n) is 1.89. The molecule has 0 atom stereocenters. The molecule has 0 bridgehead atoms. The molecule has 0 N–H and O–H groups in total. The molecule has 0 saturated heterocycles.